The zero-order valence-electron chi connectivity index (χ0n) is 13.7. The summed E-state index contributed by atoms with van der Waals surface area (Å²) in [6, 6.07) is 9.30. The molecule has 6 heteroatoms. The fraction of sp³-hybridized carbons (Fsp3) is 0.412. The maximum atomic E-state index is 12.4. The molecule has 1 aromatic carbocycles. The van der Waals surface area contributed by atoms with Gasteiger partial charge in [0.15, 0.2) is 0 Å². The second-order valence-electron chi connectivity index (χ2n) is 6.63. The number of para-hydroxylation sites is 1. The van der Waals surface area contributed by atoms with Crippen LogP contribution in [0.25, 0.3) is 0 Å². The molecule has 2 aromatic rings. The zero-order valence-corrected chi connectivity index (χ0v) is 13.7. The summed E-state index contributed by atoms with van der Waals surface area (Å²) in [6.45, 7) is 6.72. The highest BCUT2D eigenvalue weighted by Gasteiger charge is 2.24. The average Bonchev–Trinajstić information content (AvgIpc) is 2.96. The molecule has 0 spiro atoms. The van der Waals surface area contributed by atoms with Crippen LogP contribution in [0, 0.1) is 0 Å². The van der Waals surface area contributed by atoms with E-state index in [0.717, 1.165) is 17.7 Å². The Hall–Kier alpha value is -2.50. The Morgan fingerprint density at radius 2 is 2.09 bits per heavy atom. The van der Waals surface area contributed by atoms with Crippen molar-refractivity contribution < 1.29 is 9.53 Å². The molecule has 122 valence electrons. The monoisotopic (exact) mass is 314 g/mol. The van der Waals surface area contributed by atoms with Crippen LogP contribution in [0.5, 0.6) is 5.75 Å². The average molecular weight is 314 g/mol. The summed E-state index contributed by atoms with van der Waals surface area (Å²) in [4.78, 5) is 12.4. The highest BCUT2D eigenvalue weighted by molar-refractivity contribution is 5.88. The summed E-state index contributed by atoms with van der Waals surface area (Å²) in [5, 5.41) is 10.2. The molecule has 0 fully saturated rings. The van der Waals surface area contributed by atoms with Crippen LogP contribution >= 0.6 is 0 Å². The molecule has 0 saturated heterocycles. The lowest BCUT2D eigenvalue weighted by atomic mass is 10.0. The van der Waals surface area contributed by atoms with E-state index in [0.29, 0.717) is 12.4 Å². The van der Waals surface area contributed by atoms with Gasteiger partial charge in [-0.15, -0.1) is 0 Å². The minimum atomic E-state index is -0.238. The van der Waals surface area contributed by atoms with Gasteiger partial charge in [-0.25, -0.2) is 9.48 Å². The van der Waals surface area contributed by atoms with Crippen molar-refractivity contribution >= 4 is 11.8 Å². The van der Waals surface area contributed by atoms with Gasteiger partial charge in [-0.1, -0.05) is 18.2 Å². The number of amides is 2. The number of carbonyl (C=O) groups excluding carboxylic acids is 1. The Balaban J connectivity index is 1.71. The van der Waals surface area contributed by atoms with Crippen LogP contribution in [-0.2, 0) is 5.54 Å². The molecule has 23 heavy (non-hydrogen) atoms. The normalized spacial score (nSPS) is 17.1. The van der Waals surface area contributed by atoms with Gasteiger partial charge in [0.25, 0.3) is 0 Å². The van der Waals surface area contributed by atoms with Crippen molar-refractivity contribution in [3.8, 4) is 5.75 Å². The van der Waals surface area contributed by atoms with Crippen molar-refractivity contribution in [1.82, 2.24) is 15.1 Å². The van der Waals surface area contributed by atoms with E-state index in [1.165, 1.54) is 0 Å². The summed E-state index contributed by atoms with van der Waals surface area (Å²) >= 11 is 0. The molecule has 6 nitrogen and oxygen atoms in total. The third-order valence-electron chi connectivity index (χ3n) is 3.78. The molecule has 0 saturated carbocycles. The second-order valence-corrected chi connectivity index (χ2v) is 6.63. The number of nitrogens with one attached hydrogen (secondary N) is 2. The van der Waals surface area contributed by atoms with E-state index in [9.17, 15) is 4.79 Å². The van der Waals surface area contributed by atoms with Gasteiger partial charge >= 0.3 is 6.03 Å². The number of ether oxygens (including phenoxy) is 1. The van der Waals surface area contributed by atoms with E-state index >= 15 is 0 Å². The van der Waals surface area contributed by atoms with E-state index in [-0.39, 0.29) is 17.6 Å². The lowest BCUT2D eigenvalue weighted by molar-refractivity contribution is 0.232. The van der Waals surface area contributed by atoms with Crippen LogP contribution in [-0.4, -0.2) is 22.4 Å². The van der Waals surface area contributed by atoms with Gasteiger partial charge in [-0.05, 0) is 26.8 Å². The van der Waals surface area contributed by atoms with Crippen molar-refractivity contribution in [2.45, 2.75) is 38.8 Å². The van der Waals surface area contributed by atoms with Crippen molar-refractivity contribution in [2.24, 2.45) is 0 Å². The molecule has 1 aromatic heterocycles. The van der Waals surface area contributed by atoms with Gasteiger partial charge in [-0.3, -0.25) is 5.32 Å². The summed E-state index contributed by atoms with van der Waals surface area (Å²) in [6.07, 6.45) is 2.44. The maximum absolute atomic E-state index is 12.4. The Morgan fingerprint density at radius 1 is 1.30 bits per heavy atom. The van der Waals surface area contributed by atoms with Crippen LogP contribution < -0.4 is 15.4 Å². The first-order valence-electron chi connectivity index (χ1n) is 7.79. The minimum Gasteiger partial charge on any atom is -0.493 e. The number of hydrogen-bond acceptors (Lipinski definition) is 3. The summed E-state index contributed by atoms with van der Waals surface area (Å²) in [5.41, 5.74) is 0.815. The third kappa shape index (κ3) is 3.31. The quantitative estimate of drug-likeness (QED) is 0.894. The van der Waals surface area contributed by atoms with Crippen LogP contribution in [0.3, 0.4) is 0 Å². The maximum Gasteiger partial charge on any atom is 0.320 e. The van der Waals surface area contributed by atoms with Gasteiger partial charge in [0.2, 0.25) is 0 Å². The van der Waals surface area contributed by atoms with E-state index in [1.54, 1.807) is 16.9 Å². The van der Waals surface area contributed by atoms with Gasteiger partial charge in [0.05, 0.1) is 24.4 Å². The molecule has 2 heterocycles. The number of hydrogen-bond donors (Lipinski definition) is 2. The fourth-order valence-electron chi connectivity index (χ4n) is 2.74. The van der Waals surface area contributed by atoms with E-state index in [2.05, 4.69) is 15.7 Å². The Bertz CT molecular complexity index is 703. The lowest BCUT2D eigenvalue weighted by Gasteiger charge is -2.27. The molecule has 0 aliphatic carbocycles. The van der Waals surface area contributed by atoms with Gasteiger partial charge in [0.1, 0.15) is 11.6 Å². The molecular weight excluding hydrogens is 292 g/mol. The summed E-state index contributed by atoms with van der Waals surface area (Å²) in [5.74, 6) is 1.51. The van der Waals surface area contributed by atoms with Crippen LogP contribution in [0.15, 0.2) is 36.5 Å². The van der Waals surface area contributed by atoms with E-state index < -0.39 is 0 Å². The number of fused-ring (bicyclic) bond motifs is 1. The molecule has 1 aliphatic rings. The van der Waals surface area contributed by atoms with Crippen LogP contribution in [0.4, 0.5) is 10.6 Å². The second kappa shape index (κ2) is 5.95. The smallest absolute Gasteiger partial charge is 0.320 e. The van der Waals surface area contributed by atoms with Crippen molar-refractivity contribution in [2.75, 3.05) is 11.9 Å². The molecule has 2 amide bonds. The van der Waals surface area contributed by atoms with Crippen LogP contribution in [0.2, 0.25) is 0 Å². The molecule has 1 aliphatic heterocycles. The largest absolute Gasteiger partial charge is 0.493 e. The Labute approximate surface area is 135 Å². The predicted molar refractivity (Wildman–Crippen MR) is 88.7 cm³/mol. The molecule has 2 N–H and O–H groups in total. The number of carbonyl (C=O) groups is 1. The van der Waals surface area contributed by atoms with E-state index in [4.69, 9.17) is 4.74 Å². The number of anilines is 1. The molecule has 0 radical (unpaired) electrons. The molecular formula is C17H22N4O2. The van der Waals surface area contributed by atoms with E-state index in [1.807, 2.05) is 45.0 Å². The first-order chi connectivity index (χ1) is 10.9. The number of rotatable bonds is 2. The molecule has 1 unspecified atom stereocenters. The van der Waals surface area contributed by atoms with Gasteiger partial charge < -0.3 is 10.1 Å². The first-order valence-corrected chi connectivity index (χ1v) is 7.79. The third-order valence-corrected chi connectivity index (χ3v) is 3.78. The van der Waals surface area contributed by atoms with Gasteiger partial charge in [-0.2, -0.15) is 5.10 Å². The molecule has 3 rings (SSSR count). The molecule has 1 atom stereocenters. The number of nitrogens with zero attached hydrogens (tertiary/aromatic N) is 2. The predicted octanol–water partition coefficient (Wildman–Crippen LogP) is 3.28. The fourth-order valence-corrected chi connectivity index (χ4v) is 2.74. The SMILES string of the molecule is CC(C)(C)n1nccc1NC(=O)NC1CCOc2ccccc21. The number of aromatic nitrogens is 2. The van der Waals surface area contributed by atoms with Crippen molar-refractivity contribution in [3.05, 3.63) is 42.1 Å². The first kappa shape index (κ1) is 15.4. The zero-order chi connectivity index (χ0) is 16.4. The standard InChI is InChI=1S/C17H22N4O2/c1-17(2,3)21-15(8-10-18-21)20-16(22)19-13-9-11-23-14-7-5-4-6-12(13)14/h4-8,10,13H,9,11H2,1-3H3,(H2,19,20,22). The van der Waals surface area contributed by atoms with Crippen LogP contribution in [0.1, 0.15) is 38.8 Å². The molecule has 0 bridgehead atoms. The topological polar surface area (TPSA) is 68.2 Å². The Morgan fingerprint density at radius 3 is 2.87 bits per heavy atom. The highest BCUT2D eigenvalue weighted by atomic mass is 16.5. The van der Waals surface area contributed by atoms with Crippen molar-refractivity contribution in [1.29, 1.82) is 0 Å². The van der Waals surface area contributed by atoms with Gasteiger partial charge in [0, 0.05) is 18.1 Å². The number of urea groups is 1. The highest BCUT2D eigenvalue weighted by Crippen LogP contribution is 2.31. The number of benzene rings is 1. The minimum absolute atomic E-state index is 0.0500. The lowest BCUT2D eigenvalue weighted by Crippen LogP contribution is -2.36. The Kier molecular flexibility index (Phi) is 3.98. The summed E-state index contributed by atoms with van der Waals surface area (Å²) < 4.78 is 7.42. The summed E-state index contributed by atoms with van der Waals surface area (Å²) in [7, 11) is 0. The van der Waals surface area contributed by atoms with Crippen molar-refractivity contribution in [3.63, 3.8) is 0 Å².